The molecule has 0 fully saturated rings. The number of hydrogen-bond acceptors (Lipinski definition) is 3. The summed E-state index contributed by atoms with van der Waals surface area (Å²) in [4.78, 5) is 11.0. The molecule has 0 unspecified atom stereocenters. The summed E-state index contributed by atoms with van der Waals surface area (Å²) in [5.74, 6) is 0.692. The van der Waals surface area contributed by atoms with Gasteiger partial charge in [-0.15, -0.1) is 0 Å². The lowest BCUT2D eigenvalue weighted by molar-refractivity contribution is -0.114. The number of nitrogens with one attached hydrogen (secondary N) is 2. The second kappa shape index (κ2) is 6.99. The van der Waals surface area contributed by atoms with Crippen LogP contribution in [0.3, 0.4) is 0 Å². The van der Waals surface area contributed by atoms with Crippen LogP contribution in [0.25, 0.3) is 0 Å². The van der Waals surface area contributed by atoms with Crippen molar-refractivity contribution in [3.05, 3.63) is 53.1 Å². The second-order valence-corrected chi connectivity index (χ2v) is 4.98. The van der Waals surface area contributed by atoms with Crippen LogP contribution >= 0.6 is 11.6 Å². The van der Waals surface area contributed by atoms with Crippen LogP contribution in [0.1, 0.15) is 12.5 Å². The van der Waals surface area contributed by atoms with Gasteiger partial charge in [0.05, 0.1) is 17.8 Å². The van der Waals surface area contributed by atoms with Gasteiger partial charge in [0.15, 0.2) is 0 Å². The van der Waals surface area contributed by atoms with Crippen LogP contribution in [0.2, 0.25) is 5.02 Å². The molecule has 0 spiro atoms. The van der Waals surface area contributed by atoms with Crippen LogP contribution < -0.4 is 15.4 Å². The first-order valence-electron chi connectivity index (χ1n) is 6.52. The number of amides is 1. The highest BCUT2D eigenvalue weighted by Gasteiger charge is 2.03. The summed E-state index contributed by atoms with van der Waals surface area (Å²) in [5.41, 5.74) is 2.64. The number of benzene rings is 2. The standard InChI is InChI=1S/C16H17ClN2O2/c1-11(20)19-16-8-5-13(9-15(16)17)18-10-12-3-6-14(21-2)7-4-12/h3-9,18H,10H2,1-2H3,(H,19,20). The molecule has 0 bridgehead atoms. The van der Waals surface area contributed by atoms with Gasteiger partial charge in [-0.25, -0.2) is 0 Å². The number of halogens is 1. The van der Waals surface area contributed by atoms with Crippen LogP contribution in [-0.4, -0.2) is 13.0 Å². The Bertz CT molecular complexity index is 627. The summed E-state index contributed by atoms with van der Waals surface area (Å²) < 4.78 is 5.12. The predicted octanol–water partition coefficient (Wildman–Crippen LogP) is 3.92. The summed E-state index contributed by atoms with van der Waals surface area (Å²) >= 11 is 6.12. The molecule has 2 aromatic carbocycles. The highest BCUT2D eigenvalue weighted by Crippen LogP contribution is 2.25. The molecular formula is C16H17ClN2O2. The molecule has 1 amide bonds. The van der Waals surface area contributed by atoms with Crippen molar-refractivity contribution >= 4 is 28.9 Å². The van der Waals surface area contributed by atoms with Gasteiger partial charge in [-0.3, -0.25) is 4.79 Å². The van der Waals surface area contributed by atoms with Gasteiger partial charge in [0.2, 0.25) is 5.91 Å². The molecule has 0 atom stereocenters. The number of rotatable bonds is 5. The van der Waals surface area contributed by atoms with Crippen LogP contribution in [-0.2, 0) is 11.3 Å². The molecule has 4 nitrogen and oxygen atoms in total. The van der Waals surface area contributed by atoms with Gasteiger partial charge in [-0.2, -0.15) is 0 Å². The Morgan fingerprint density at radius 3 is 2.48 bits per heavy atom. The van der Waals surface area contributed by atoms with E-state index >= 15 is 0 Å². The molecule has 0 aliphatic heterocycles. The third kappa shape index (κ3) is 4.39. The van der Waals surface area contributed by atoms with E-state index in [4.69, 9.17) is 16.3 Å². The fourth-order valence-electron chi connectivity index (χ4n) is 1.86. The largest absolute Gasteiger partial charge is 0.497 e. The molecule has 0 aliphatic rings. The van der Waals surface area contributed by atoms with Crippen LogP contribution in [0.15, 0.2) is 42.5 Å². The molecule has 2 aromatic rings. The SMILES string of the molecule is COc1ccc(CNc2ccc(NC(C)=O)c(Cl)c2)cc1. The summed E-state index contributed by atoms with van der Waals surface area (Å²) in [6.07, 6.45) is 0. The first-order chi connectivity index (χ1) is 10.1. The zero-order valence-corrected chi connectivity index (χ0v) is 12.7. The minimum Gasteiger partial charge on any atom is -0.497 e. The first-order valence-corrected chi connectivity index (χ1v) is 6.90. The molecule has 0 radical (unpaired) electrons. The Kier molecular flexibility index (Phi) is 5.06. The van der Waals surface area contributed by atoms with Crippen molar-refractivity contribution in [3.63, 3.8) is 0 Å². The lowest BCUT2D eigenvalue weighted by Crippen LogP contribution is -2.06. The molecule has 0 saturated heterocycles. The lowest BCUT2D eigenvalue weighted by Gasteiger charge is -2.10. The van der Waals surface area contributed by atoms with E-state index in [1.54, 1.807) is 19.2 Å². The zero-order chi connectivity index (χ0) is 15.2. The van der Waals surface area contributed by atoms with Crippen LogP contribution in [0.4, 0.5) is 11.4 Å². The third-order valence-electron chi connectivity index (χ3n) is 2.94. The smallest absolute Gasteiger partial charge is 0.221 e. The van der Waals surface area contributed by atoms with Crippen LogP contribution in [0.5, 0.6) is 5.75 Å². The van der Waals surface area contributed by atoms with Crippen molar-refractivity contribution in [3.8, 4) is 5.75 Å². The summed E-state index contributed by atoms with van der Waals surface area (Å²) in [6, 6.07) is 13.3. The Labute approximate surface area is 129 Å². The van der Waals surface area contributed by atoms with Gasteiger partial charge in [0, 0.05) is 19.2 Å². The Balaban J connectivity index is 1.99. The summed E-state index contributed by atoms with van der Waals surface area (Å²) in [6.45, 7) is 2.13. The molecule has 0 heterocycles. The number of carbonyl (C=O) groups excluding carboxylic acids is 1. The Morgan fingerprint density at radius 2 is 1.90 bits per heavy atom. The Morgan fingerprint density at radius 1 is 1.19 bits per heavy atom. The van der Waals surface area contributed by atoms with E-state index in [2.05, 4.69) is 10.6 Å². The maximum Gasteiger partial charge on any atom is 0.221 e. The van der Waals surface area contributed by atoms with E-state index in [1.165, 1.54) is 6.92 Å². The topological polar surface area (TPSA) is 50.4 Å². The van der Waals surface area contributed by atoms with Gasteiger partial charge in [0.25, 0.3) is 0 Å². The van der Waals surface area contributed by atoms with E-state index in [0.29, 0.717) is 17.3 Å². The lowest BCUT2D eigenvalue weighted by atomic mass is 10.2. The second-order valence-electron chi connectivity index (χ2n) is 4.58. The highest BCUT2D eigenvalue weighted by atomic mass is 35.5. The van der Waals surface area contributed by atoms with Crippen molar-refractivity contribution in [1.29, 1.82) is 0 Å². The molecule has 0 saturated carbocycles. The Hall–Kier alpha value is -2.20. The molecule has 0 aromatic heterocycles. The zero-order valence-electron chi connectivity index (χ0n) is 11.9. The van der Waals surface area contributed by atoms with Crippen molar-refractivity contribution < 1.29 is 9.53 Å². The maximum atomic E-state index is 11.0. The van der Waals surface area contributed by atoms with Crippen molar-refractivity contribution in [2.75, 3.05) is 17.7 Å². The summed E-state index contributed by atoms with van der Waals surface area (Å²) in [5, 5.41) is 6.46. The summed E-state index contributed by atoms with van der Waals surface area (Å²) in [7, 11) is 1.64. The van der Waals surface area contributed by atoms with Gasteiger partial charge in [-0.1, -0.05) is 23.7 Å². The molecule has 0 aliphatic carbocycles. The average molecular weight is 305 g/mol. The van der Waals surface area contributed by atoms with E-state index in [0.717, 1.165) is 17.0 Å². The highest BCUT2D eigenvalue weighted by molar-refractivity contribution is 6.34. The van der Waals surface area contributed by atoms with Crippen molar-refractivity contribution in [2.24, 2.45) is 0 Å². The van der Waals surface area contributed by atoms with Gasteiger partial charge in [-0.05, 0) is 35.9 Å². The number of ether oxygens (including phenoxy) is 1. The fourth-order valence-corrected chi connectivity index (χ4v) is 2.09. The van der Waals surface area contributed by atoms with Crippen LogP contribution in [0, 0.1) is 0 Å². The molecule has 5 heteroatoms. The number of hydrogen-bond donors (Lipinski definition) is 2. The monoisotopic (exact) mass is 304 g/mol. The molecule has 2 N–H and O–H groups in total. The fraction of sp³-hybridized carbons (Fsp3) is 0.188. The molecule has 110 valence electrons. The van der Waals surface area contributed by atoms with Crippen molar-refractivity contribution in [2.45, 2.75) is 13.5 Å². The number of anilines is 2. The third-order valence-corrected chi connectivity index (χ3v) is 3.25. The van der Waals surface area contributed by atoms with Gasteiger partial charge >= 0.3 is 0 Å². The maximum absolute atomic E-state index is 11.0. The van der Waals surface area contributed by atoms with Gasteiger partial charge in [0.1, 0.15) is 5.75 Å². The normalized spacial score (nSPS) is 10.0. The number of carbonyl (C=O) groups is 1. The van der Waals surface area contributed by atoms with Gasteiger partial charge < -0.3 is 15.4 Å². The van der Waals surface area contributed by atoms with E-state index in [9.17, 15) is 4.79 Å². The quantitative estimate of drug-likeness (QED) is 0.880. The first kappa shape index (κ1) is 15.2. The molecule has 21 heavy (non-hydrogen) atoms. The average Bonchev–Trinajstić information content (AvgIpc) is 2.48. The number of methoxy groups -OCH3 is 1. The van der Waals surface area contributed by atoms with E-state index in [1.807, 2.05) is 30.3 Å². The molecule has 2 rings (SSSR count). The minimum absolute atomic E-state index is 0.143. The minimum atomic E-state index is -0.143. The van der Waals surface area contributed by atoms with E-state index in [-0.39, 0.29) is 5.91 Å². The molecular weight excluding hydrogens is 288 g/mol. The predicted molar refractivity (Wildman–Crippen MR) is 86.1 cm³/mol. The van der Waals surface area contributed by atoms with Crippen molar-refractivity contribution in [1.82, 2.24) is 0 Å². The van der Waals surface area contributed by atoms with E-state index < -0.39 is 0 Å².